The van der Waals surface area contributed by atoms with Crippen LogP contribution in [0.3, 0.4) is 0 Å². The van der Waals surface area contributed by atoms with E-state index in [0.717, 1.165) is 29.3 Å². The van der Waals surface area contributed by atoms with Crippen LogP contribution in [-0.2, 0) is 0 Å². The fourth-order valence-corrected chi connectivity index (χ4v) is 3.85. The third kappa shape index (κ3) is 2.31. The number of halogens is 1. The molecule has 1 aliphatic heterocycles. The average molecular weight is 346 g/mol. The highest BCUT2D eigenvalue weighted by atomic mass is 35.5. The highest BCUT2D eigenvalue weighted by Crippen LogP contribution is 2.35. The number of carbonyl (C=O) groups is 1. The quantitative estimate of drug-likeness (QED) is 0.536. The van der Waals surface area contributed by atoms with Gasteiger partial charge in [-0.3, -0.25) is 4.79 Å². The van der Waals surface area contributed by atoms with Gasteiger partial charge in [-0.25, -0.2) is 0 Å². The summed E-state index contributed by atoms with van der Waals surface area (Å²) in [4.78, 5) is 11.9. The van der Waals surface area contributed by atoms with E-state index in [-0.39, 0.29) is 16.5 Å². The monoisotopic (exact) mass is 345 g/mol. The first-order valence-electron chi connectivity index (χ1n) is 8.26. The Hall–Kier alpha value is -1.98. The van der Waals surface area contributed by atoms with Crippen LogP contribution in [0.1, 0.15) is 49.5 Å². The number of hydrogen-bond acceptors (Lipinski definition) is 3. The van der Waals surface area contributed by atoms with Crippen molar-refractivity contribution in [2.45, 2.75) is 46.6 Å². The minimum atomic E-state index is 0.0219. The molecule has 0 N–H and O–H groups in total. The summed E-state index contributed by atoms with van der Waals surface area (Å²) in [6, 6.07) is 4.15. The normalized spacial score (nSPS) is 19.8. The van der Waals surface area contributed by atoms with Crippen LogP contribution in [0.2, 0.25) is 5.02 Å². The fourth-order valence-electron chi connectivity index (χ4n) is 3.55. The molecule has 1 atom stereocenters. The maximum atomic E-state index is 11.9. The Morgan fingerprint density at radius 3 is 2.62 bits per heavy atom. The number of ketones is 1. The first-order chi connectivity index (χ1) is 11.5. The van der Waals surface area contributed by atoms with Gasteiger partial charge in [-0.05, 0) is 36.2 Å². The summed E-state index contributed by atoms with van der Waals surface area (Å²) in [6.45, 7) is 7.76. The van der Waals surface area contributed by atoms with Crippen LogP contribution in [0.25, 0.3) is 10.9 Å². The van der Waals surface area contributed by atoms with Crippen LogP contribution < -0.4 is 4.70 Å². The van der Waals surface area contributed by atoms with Crippen molar-refractivity contribution in [3.63, 3.8) is 0 Å². The predicted molar refractivity (Wildman–Crippen MR) is 97.6 cm³/mol. The second-order valence-electron chi connectivity index (χ2n) is 6.19. The summed E-state index contributed by atoms with van der Waals surface area (Å²) in [6.07, 6.45) is 7.62. The highest BCUT2D eigenvalue weighted by Gasteiger charge is 2.41. The first kappa shape index (κ1) is 16.9. The van der Waals surface area contributed by atoms with Crippen molar-refractivity contribution in [2.75, 3.05) is 0 Å². The lowest BCUT2D eigenvalue weighted by atomic mass is 10.0. The number of quaternary nitrogens is 1. The van der Waals surface area contributed by atoms with Crippen molar-refractivity contribution in [3.8, 4) is 0 Å². The molecular formula is C18H22ClN4O+. The minimum absolute atomic E-state index is 0.0219. The molecule has 1 aromatic heterocycles. The van der Waals surface area contributed by atoms with Crippen LogP contribution >= 0.6 is 11.6 Å². The van der Waals surface area contributed by atoms with Crippen molar-refractivity contribution in [2.24, 2.45) is 10.3 Å². The average Bonchev–Trinajstić information content (AvgIpc) is 3.19. The Morgan fingerprint density at radius 1 is 1.38 bits per heavy atom. The Morgan fingerprint density at radius 2 is 2.08 bits per heavy atom. The summed E-state index contributed by atoms with van der Waals surface area (Å²) in [5, 5.41) is 10.2. The Balaban J connectivity index is 2.31. The molecule has 0 saturated heterocycles. The molecule has 0 spiro atoms. The lowest BCUT2D eigenvalue weighted by Gasteiger charge is -2.32. The van der Waals surface area contributed by atoms with Crippen LogP contribution in [0.5, 0.6) is 0 Å². The molecule has 1 aromatic carbocycles. The number of carbonyl (C=O) groups excluding carboxylic acids is 1. The topological polar surface area (TPSA) is 46.7 Å². The minimum Gasteiger partial charge on any atom is -0.294 e. The van der Waals surface area contributed by atoms with Crippen molar-refractivity contribution in [3.05, 3.63) is 46.9 Å². The lowest BCUT2D eigenvalue weighted by Crippen LogP contribution is -2.54. The molecule has 1 unspecified atom stereocenters. The summed E-state index contributed by atoms with van der Waals surface area (Å²) >= 11 is 6.67. The number of benzene rings is 1. The second-order valence-corrected chi connectivity index (χ2v) is 6.57. The molecule has 126 valence electrons. The predicted octanol–water partition coefficient (Wildman–Crippen LogP) is 5.29. The first-order valence-corrected chi connectivity index (χ1v) is 8.64. The maximum Gasteiger partial charge on any atom is 0.171 e. The Kier molecular flexibility index (Phi) is 4.32. The van der Waals surface area contributed by atoms with Gasteiger partial charge in [-0.15, -0.1) is 5.11 Å². The van der Waals surface area contributed by atoms with Gasteiger partial charge in [0.05, 0.1) is 16.4 Å². The molecule has 0 saturated carbocycles. The lowest BCUT2D eigenvalue weighted by molar-refractivity contribution is 0.101. The van der Waals surface area contributed by atoms with Crippen LogP contribution in [0.15, 0.2) is 41.1 Å². The molecule has 3 rings (SSSR count). The molecule has 0 radical (unpaired) electrons. The van der Waals surface area contributed by atoms with E-state index in [2.05, 4.69) is 28.9 Å². The Bertz CT molecular complexity index is 850. The van der Waals surface area contributed by atoms with Crippen molar-refractivity contribution in [1.29, 1.82) is 0 Å². The van der Waals surface area contributed by atoms with Gasteiger partial charge in [0.1, 0.15) is 17.8 Å². The molecule has 6 heteroatoms. The van der Waals surface area contributed by atoms with Gasteiger partial charge >= 0.3 is 0 Å². The van der Waals surface area contributed by atoms with Gasteiger partial charge in [0.15, 0.2) is 12.0 Å². The van der Waals surface area contributed by atoms with E-state index in [1.807, 2.05) is 31.5 Å². The molecule has 2 aromatic rings. The van der Waals surface area contributed by atoms with Gasteiger partial charge in [0, 0.05) is 23.8 Å². The smallest absolute Gasteiger partial charge is 0.171 e. The zero-order valence-electron chi connectivity index (χ0n) is 14.5. The molecule has 5 nitrogen and oxygen atoms in total. The molecule has 2 heterocycles. The molecule has 0 aliphatic carbocycles. The molecular weight excluding hydrogens is 324 g/mol. The number of nitrogens with zero attached hydrogens (tertiary/aromatic N) is 4. The van der Waals surface area contributed by atoms with Crippen molar-refractivity contribution in [1.82, 2.24) is 9.38 Å². The number of aromatic nitrogens is 1. The highest BCUT2D eigenvalue weighted by molar-refractivity contribution is 6.36. The number of rotatable bonds is 5. The third-order valence-corrected chi connectivity index (χ3v) is 5.35. The molecule has 0 amide bonds. The summed E-state index contributed by atoms with van der Waals surface area (Å²) in [5.41, 5.74) is 2.36. The zero-order chi connectivity index (χ0) is 17.5. The summed E-state index contributed by atoms with van der Waals surface area (Å²) in [7, 11) is 0. The zero-order valence-corrected chi connectivity index (χ0v) is 15.2. The van der Waals surface area contributed by atoms with Crippen LogP contribution in [0.4, 0.5) is 0 Å². The standard InChI is InChI=1S/C18H22ClN4O/c1-5-15(6-2)23(10-8-20-21-23)22-9-7-14-11-16(13(4)24)12(3)17(19)18(14)22/h7-11,15H,5-6H2,1-4H3/q+1. The number of Topliss-reactive ketones (excluding diaryl/α,β-unsaturated/α-hetero) is 1. The van der Waals surface area contributed by atoms with E-state index in [9.17, 15) is 4.79 Å². The van der Waals surface area contributed by atoms with Crippen LogP contribution in [0, 0.1) is 6.92 Å². The van der Waals surface area contributed by atoms with E-state index in [0.29, 0.717) is 10.6 Å². The summed E-state index contributed by atoms with van der Waals surface area (Å²) in [5.74, 6) is 0.0219. The van der Waals surface area contributed by atoms with E-state index in [1.165, 1.54) is 0 Å². The largest absolute Gasteiger partial charge is 0.294 e. The molecule has 1 aliphatic rings. The van der Waals surface area contributed by atoms with Gasteiger partial charge in [-0.1, -0.05) is 25.4 Å². The van der Waals surface area contributed by atoms with Crippen molar-refractivity contribution >= 4 is 28.3 Å². The number of fused-ring (bicyclic) bond motifs is 1. The van der Waals surface area contributed by atoms with Crippen LogP contribution in [-0.4, -0.2) is 16.5 Å². The van der Waals surface area contributed by atoms with Crippen molar-refractivity contribution < 1.29 is 4.79 Å². The van der Waals surface area contributed by atoms with E-state index >= 15 is 0 Å². The maximum absolute atomic E-state index is 11.9. The van der Waals surface area contributed by atoms with E-state index < -0.39 is 0 Å². The molecule has 0 fully saturated rings. The third-order valence-electron chi connectivity index (χ3n) is 4.89. The van der Waals surface area contributed by atoms with E-state index in [1.54, 1.807) is 13.1 Å². The Labute approximate surface area is 146 Å². The SMILES string of the molecule is CCC(CC)[N+]1(n2ccc3cc(C(C)=O)c(C)c(Cl)c32)C=CN=N1. The second kappa shape index (κ2) is 6.15. The molecule has 0 bridgehead atoms. The van der Waals surface area contributed by atoms with Gasteiger partial charge < -0.3 is 0 Å². The summed E-state index contributed by atoms with van der Waals surface area (Å²) < 4.78 is 2.31. The van der Waals surface area contributed by atoms with Gasteiger partial charge in [-0.2, -0.15) is 4.68 Å². The van der Waals surface area contributed by atoms with Gasteiger partial charge in [0.25, 0.3) is 0 Å². The van der Waals surface area contributed by atoms with E-state index in [4.69, 9.17) is 11.6 Å². The van der Waals surface area contributed by atoms with Gasteiger partial charge in [0.2, 0.25) is 0 Å². The number of hydrogen-bond donors (Lipinski definition) is 0. The molecule has 24 heavy (non-hydrogen) atoms. The fraction of sp³-hybridized carbons (Fsp3) is 0.389.